The van der Waals surface area contributed by atoms with Gasteiger partial charge in [-0.3, -0.25) is 4.90 Å². The Hall–Kier alpha value is -3.69. The summed E-state index contributed by atoms with van der Waals surface area (Å²) in [6.07, 6.45) is 4.22. The van der Waals surface area contributed by atoms with Gasteiger partial charge in [0.1, 0.15) is 0 Å². The predicted molar refractivity (Wildman–Crippen MR) is 145 cm³/mol. The van der Waals surface area contributed by atoms with Crippen molar-refractivity contribution in [2.75, 3.05) is 18.1 Å². The first-order chi connectivity index (χ1) is 18.2. The fraction of sp³-hybridized carbons (Fsp3) is 0.310. The van der Waals surface area contributed by atoms with Gasteiger partial charge in [-0.1, -0.05) is 49.2 Å². The molecular weight excluding hydrogens is 502 g/mol. The van der Waals surface area contributed by atoms with Crippen LogP contribution in [0, 0.1) is 0 Å². The number of amides is 2. The molecule has 9 heteroatoms. The number of urea groups is 1. The number of carbonyl (C=O) groups is 2. The third-order valence-electron chi connectivity index (χ3n) is 7.55. The van der Waals surface area contributed by atoms with E-state index in [2.05, 4.69) is 11.4 Å². The summed E-state index contributed by atoms with van der Waals surface area (Å²) in [6.45, 7) is 2.95. The van der Waals surface area contributed by atoms with Gasteiger partial charge >= 0.3 is 12.0 Å². The smallest absolute Gasteiger partial charge is 0.338 e. The highest BCUT2D eigenvalue weighted by Gasteiger charge is 2.46. The van der Waals surface area contributed by atoms with Crippen LogP contribution in [-0.2, 0) is 26.7 Å². The van der Waals surface area contributed by atoms with E-state index in [0.29, 0.717) is 18.7 Å². The molecule has 5 rings (SSSR count). The minimum Gasteiger partial charge on any atom is -0.462 e. The third kappa shape index (κ3) is 4.91. The van der Waals surface area contributed by atoms with Crippen LogP contribution in [0.4, 0.5) is 10.5 Å². The summed E-state index contributed by atoms with van der Waals surface area (Å²) >= 11 is 0. The van der Waals surface area contributed by atoms with Gasteiger partial charge in [0.15, 0.2) is 0 Å². The molecule has 1 saturated carbocycles. The van der Waals surface area contributed by atoms with E-state index in [1.54, 1.807) is 30.0 Å². The maximum Gasteiger partial charge on any atom is 0.338 e. The average molecular weight is 534 g/mol. The summed E-state index contributed by atoms with van der Waals surface area (Å²) in [4.78, 5) is 27.8. The zero-order valence-corrected chi connectivity index (χ0v) is 22.1. The number of ether oxygens (including phenoxy) is 1. The molecule has 1 aliphatic carbocycles. The van der Waals surface area contributed by atoms with Gasteiger partial charge in [-0.2, -0.15) is 0 Å². The molecule has 198 valence electrons. The first-order valence-electron chi connectivity index (χ1n) is 12.8. The zero-order valence-electron chi connectivity index (χ0n) is 21.3. The van der Waals surface area contributed by atoms with Crippen LogP contribution in [0.15, 0.2) is 71.6 Å². The SMILES string of the molecule is CCOC(=O)c1ccccc1-c1ccc2c(c1)C1(CCCC1)CN2C(=O)NCc1ccc(S(N)(=O)=O)cc1. The average Bonchev–Trinajstić information content (AvgIpc) is 3.52. The standard InChI is InChI=1S/C29H31N3O5S/c1-2-37-27(33)24-8-4-3-7-23(24)21-11-14-26-25(17-21)29(15-5-6-16-29)19-32(26)28(34)31-18-20-9-12-22(13-10-20)38(30,35)36/h3-4,7-14,17H,2,5-6,15-16,18-19H2,1H3,(H,31,34)(H2,30,35,36). The van der Waals surface area contributed by atoms with Crippen molar-refractivity contribution in [1.82, 2.24) is 5.32 Å². The number of esters is 1. The molecule has 38 heavy (non-hydrogen) atoms. The normalized spacial score (nSPS) is 15.9. The zero-order chi connectivity index (χ0) is 26.9. The molecule has 0 unspecified atom stereocenters. The van der Waals surface area contributed by atoms with E-state index in [1.807, 2.05) is 30.3 Å². The molecule has 1 fully saturated rings. The summed E-state index contributed by atoms with van der Waals surface area (Å²) in [6, 6.07) is 19.5. The maximum atomic E-state index is 13.4. The van der Waals surface area contributed by atoms with Crippen molar-refractivity contribution < 1.29 is 22.7 Å². The molecule has 1 heterocycles. The monoisotopic (exact) mass is 533 g/mol. The summed E-state index contributed by atoms with van der Waals surface area (Å²) in [5.74, 6) is -0.350. The molecule has 0 radical (unpaired) electrons. The lowest BCUT2D eigenvalue weighted by Gasteiger charge is -2.25. The Morgan fingerprint density at radius 2 is 1.74 bits per heavy atom. The Labute approximate surface area is 222 Å². The van der Waals surface area contributed by atoms with Gasteiger partial charge in [-0.25, -0.2) is 23.1 Å². The molecule has 1 spiro atoms. The van der Waals surface area contributed by atoms with Gasteiger partial charge in [0.25, 0.3) is 0 Å². The fourth-order valence-electron chi connectivity index (χ4n) is 5.69. The number of rotatable bonds is 6. The second-order valence-electron chi connectivity index (χ2n) is 9.92. The maximum absolute atomic E-state index is 13.4. The summed E-state index contributed by atoms with van der Waals surface area (Å²) in [5, 5.41) is 8.15. The number of sulfonamides is 1. The van der Waals surface area contributed by atoms with Gasteiger partial charge in [-0.05, 0) is 72.4 Å². The number of primary sulfonamides is 1. The van der Waals surface area contributed by atoms with E-state index in [1.165, 1.54) is 12.1 Å². The molecule has 3 aromatic rings. The van der Waals surface area contributed by atoms with Crippen LogP contribution >= 0.6 is 0 Å². The molecule has 0 saturated heterocycles. The molecule has 2 amide bonds. The molecule has 0 aromatic heterocycles. The van der Waals surface area contributed by atoms with E-state index in [9.17, 15) is 18.0 Å². The van der Waals surface area contributed by atoms with Crippen molar-refractivity contribution in [2.45, 2.75) is 49.5 Å². The molecule has 1 aliphatic heterocycles. The number of nitrogens with two attached hydrogens (primary N) is 1. The lowest BCUT2D eigenvalue weighted by molar-refractivity contribution is 0.0527. The summed E-state index contributed by atoms with van der Waals surface area (Å²) in [5.41, 5.74) is 4.94. The predicted octanol–water partition coefficient (Wildman–Crippen LogP) is 4.72. The van der Waals surface area contributed by atoms with Crippen LogP contribution in [-0.4, -0.2) is 33.6 Å². The van der Waals surface area contributed by atoms with E-state index >= 15 is 0 Å². The fourth-order valence-corrected chi connectivity index (χ4v) is 6.20. The topological polar surface area (TPSA) is 119 Å². The highest BCUT2D eigenvalue weighted by Crippen LogP contribution is 2.51. The van der Waals surface area contributed by atoms with Crippen molar-refractivity contribution in [3.63, 3.8) is 0 Å². The van der Waals surface area contributed by atoms with Crippen molar-refractivity contribution in [3.8, 4) is 11.1 Å². The molecular formula is C29H31N3O5S. The Bertz CT molecular complexity index is 1480. The Morgan fingerprint density at radius 3 is 2.42 bits per heavy atom. The second kappa shape index (κ2) is 10.2. The van der Waals surface area contributed by atoms with Gasteiger partial charge in [0, 0.05) is 24.2 Å². The number of hydrogen-bond acceptors (Lipinski definition) is 5. The van der Waals surface area contributed by atoms with Crippen LogP contribution in [0.5, 0.6) is 0 Å². The van der Waals surface area contributed by atoms with Gasteiger partial charge in [-0.15, -0.1) is 0 Å². The first-order valence-corrected chi connectivity index (χ1v) is 14.3. The summed E-state index contributed by atoms with van der Waals surface area (Å²) in [7, 11) is -3.77. The highest BCUT2D eigenvalue weighted by atomic mass is 32.2. The van der Waals surface area contributed by atoms with E-state index in [0.717, 1.165) is 53.6 Å². The number of nitrogens with zero attached hydrogens (tertiary/aromatic N) is 1. The number of benzene rings is 3. The number of fused-ring (bicyclic) bond motifs is 2. The Morgan fingerprint density at radius 1 is 1.03 bits per heavy atom. The van der Waals surface area contributed by atoms with Crippen LogP contribution in [0.1, 0.15) is 54.1 Å². The second-order valence-corrected chi connectivity index (χ2v) is 11.5. The molecule has 3 aromatic carbocycles. The number of hydrogen-bond donors (Lipinski definition) is 2. The van der Waals surface area contributed by atoms with Gasteiger partial charge < -0.3 is 10.1 Å². The van der Waals surface area contributed by atoms with Crippen molar-refractivity contribution >= 4 is 27.7 Å². The quantitative estimate of drug-likeness (QED) is 0.445. The Balaban J connectivity index is 1.42. The van der Waals surface area contributed by atoms with Crippen LogP contribution < -0.4 is 15.4 Å². The van der Waals surface area contributed by atoms with E-state index < -0.39 is 10.0 Å². The number of carbonyl (C=O) groups excluding carboxylic acids is 2. The first kappa shape index (κ1) is 25.9. The highest BCUT2D eigenvalue weighted by molar-refractivity contribution is 7.89. The van der Waals surface area contributed by atoms with Crippen molar-refractivity contribution in [1.29, 1.82) is 0 Å². The minimum absolute atomic E-state index is 0.0320. The van der Waals surface area contributed by atoms with Crippen LogP contribution in [0.25, 0.3) is 11.1 Å². The molecule has 2 aliphatic rings. The number of nitrogens with one attached hydrogen (secondary N) is 1. The lowest BCUT2D eigenvalue weighted by atomic mass is 9.79. The van der Waals surface area contributed by atoms with Crippen LogP contribution in [0.2, 0.25) is 0 Å². The Kier molecular flexibility index (Phi) is 6.98. The molecule has 3 N–H and O–H groups in total. The minimum atomic E-state index is -3.77. The van der Waals surface area contributed by atoms with E-state index in [4.69, 9.17) is 9.88 Å². The largest absolute Gasteiger partial charge is 0.462 e. The molecule has 0 atom stereocenters. The van der Waals surface area contributed by atoms with E-state index in [-0.39, 0.29) is 28.9 Å². The molecule has 0 bridgehead atoms. The van der Waals surface area contributed by atoms with Crippen LogP contribution in [0.3, 0.4) is 0 Å². The summed E-state index contributed by atoms with van der Waals surface area (Å²) < 4.78 is 28.3. The number of anilines is 1. The van der Waals surface area contributed by atoms with Gasteiger partial charge in [0.2, 0.25) is 10.0 Å². The third-order valence-corrected chi connectivity index (χ3v) is 8.48. The lowest BCUT2D eigenvalue weighted by Crippen LogP contribution is -2.41. The van der Waals surface area contributed by atoms with Gasteiger partial charge in [0.05, 0.1) is 17.1 Å². The van der Waals surface area contributed by atoms with Crippen molar-refractivity contribution in [3.05, 3.63) is 83.4 Å². The molecule has 8 nitrogen and oxygen atoms in total. The van der Waals surface area contributed by atoms with Crippen molar-refractivity contribution in [2.24, 2.45) is 5.14 Å².